The summed E-state index contributed by atoms with van der Waals surface area (Å²) in [6, 6.07) is 3.30. The molecule has 0 aromatic carbocycles. The van der Waals surface area contributed by atoms with Gasteiger partial charge >= 0.3 is 0 Å². The van der Waals surface area contributed by atoms with Crippen molar-refractivity contribution < 1.29 is 9.90 Å². The molecule has 4 nitrogen and oxygen atoms in total. The molecule has 1 amide bonds. The monoisotopic (exact) mass is 208 g/mol. The molecule has 1 aromatic heterocycles. The lowest BCUT2D eigenvalue weighted by atomic mass is 10.2. The number of hydrogen-bond donors (Lipinski definition) is 2. The normalized spacial score (nSPS) is 10.4. The molecule has 82 valence electrons. The Morgan fingerprint density at radius 1 is 1.53 bits per heavy atom. The summed E-state index contributed by atoms with van der Waals surface area (Å²) in [6.07, 6.45) is 1.50. The number of carbonyl (C=O) groups excluding carboxylic acids is 1. The molecule has 0 unspecified atom stereocenters. The molecule has 4 heteroatoms. The number of aliphatic hydroxyl groups excluding tert-OH is 1. The molecule has 0 radical (unpaired) electrons. The minimum Gasteiger partial charge on any atom is -0.392 e. The molecule has 0 atom stereocenters. The van der Waals surface area contributed by atoms with Crippen molar-refractivity contribution in [1.29, 1.82) is 0 Å². The molecule has 0 aliphatic heterocycles. The number of hydrogen-bond acceptors (Lipinski definition) is 3. The molecule has 2 N–H and O–H groups in total. The highest BCUT2D eigenvalue weighted by Gasteiger charge is 2.06. The van der Waals surface area contributed by atoms with Crippen molar-refractivity contribution in [2.75, 3.05) is 6.54 Å². The molecule has 0 bridgehead atoms. The van der Waals surface area contributed by atoms with Crippen LogP contribution in [0.15, 0.2) is 18.3 Å². The van der Waals surface area contributed by atoms with Gasteiger partial charge in [0.1, 0.15) is 5.69 Å². The average Bonchev–Trinajstić information content (AvgIpc) is 2.26. The van der Waals surface area contributed by atoms with Crippen LogP contribution < -0.4 is 5.32 Å². The Bertz CT molecular complexity index is 320. The van der Waals surface area contributed by atoms with E-state index in [2.05, 4.69) is 10.3 Å². The summed E-state index contributed by atoms with van der Waals surface area (Å²) >= 11 is 0. The van der Waals surface area contributed by atoms with Crippen LogP contribution >= 0.6 is 0 Å². The van der Waals surface area contributed by atoms with Crippen LogP contribution in [0.1, 0.15) is 29.9 Å². The standard InChI is InChI=1S/C11H16N2O2/c1-8(2)5-13-11(15)10-4-3-9(7-14)6-12-10/h3-4,6,8,14H,5,7H2,1-2H3,(H,13,15). The average molecular weight is 208 g/mol. The lowest BCUT2D eigenvalue weighted by Crippen LogP contribution is -2.28. The van der Waals surface area contributed by atoms with Crippen LogP contribution in [0.25, 0.3) is 0 Å². The van der Waals surface area contributed by atoms with E-state index in [0.29, 0.717) is 23.7 Å². The number of aromatic nitrogens is 1. The lowest BCUT2D eigenvalue weighted by Gasteiger charge is -2.06. The topological polar surface area (TPSA) is 62.2 Å². The van der Waals surface area contributed by atoms with E-state index in [-0.39, 0.29) is 12.5 Å². The van der Waals surface area contributed by atoms with Crippen molar-refractivity contribution in [2.45, 2.75) is 20.5 Å². The first-order valence-corrected chi connectivity index (χ1v) is 4.97. The fourth-order valence-electron chi connectivity index (χ4n) is 1.04. The molecule has 0 fully saturated rings. The molecule has 15 heavy (non-hydrogen) atoms. The van der Waals surface area contributed by atoms with Crippen LogP contribution in [-0.4, -0.2) is 22.5 Å². The molecule has 1 heterocycles. The second-order valence-corrected chi connectivity index (χ2v) is 3.81. The first kappa shape index (κ1) is 11.7. The van der Waals surface area contributed by atoms with E-state index >= 15 is 0 Å². The molecule has 0 aliphatic rings. The molecule has 0 saturated heterocycles. The van der Waals surface area contributed by atoms with Gasteiger partial charge in [-0.2, -0.15) is 0 Å². The van der Waals surface area contributed by atoms with Crippen LogP contribution in [0.4, 0.5) is 0 Å². The summed E-state index contributed by atoms with van der Waals surface area (Å²) in [5, 5.41) is 11.6. The third kappa shape index (κ3) is 3.67. The smallest absolute Gasteiger partial charge is 0.269 e. The third-order valence-electron chi connectivity index (χ3n) is 1.91. The Hall–Kier alpha value is -1.42. The van der Waals surface area contributed by atoms with E-state index in [0.717, 1.165) is 0 Å². The maximum absolute atomic E-state index is 11.5. The van der Waals surface area contributed by atoms with Crippen molar-refractivity contribution >= 4 is 5.91 Å². The van der Waals surface area contributed by atoms with Gasteiger partial charge in [-0.1, -0.05) is 19.9 Å². The van der Waals surface area contributed by atoms with E-state index in [9.17, 15) is 4.79 Å². The van der Waals surface area contributed by atoms with Crippen LogP contribution in [0, 0.1) is 5.92 Å². The Morgan fingerprint density at radius 3 is 2.73 bits per heavy atom. The molecular weight excluding hydrogens is 192 g/mol. The first-order valence-electron chi connectivity index (χ1n) is 4.97. The SMILES string of the molecule is CC(C)CNC(=O)c1ccc(CO)cn1. The van der Waals surface area contributed by atoms with Gasteiger partial charge in [-0.3, -0.25) is 9.78 Å². The maximum atomic E-state index is 11.5. The van der Waals surface area contributed by atoms with Gasteiger partial charge in [0.2, 0.25) is 0 Å². The highest BCUT2D eigenvalue weighted by atomic mass is 16.3. The predicted octanol–water partition coefficient (Wildman–Crippen LogP) is 0.960. The van der Waals surface area contributed by atoms with Gasteiger partial charge < -0.3 is 10.4 Å². The van der Waals surface area contributed by atoms with E-state index in [1.807, 2.05) is 13.8 Å². The van der Waals surface area contributed by atoms with Crippen molar-refractivity contribution in [3.63, 3.8) is 0 Å². The minimum absolute atomic E-state index is 0.0547. The Kier molecular flexibility index (Phi) is 4.24. The van der Waals surface area contributed by atoms with E-state index in [1.165, 1.54) is 6.20 Å². The van der Waals surface area contributed by atoms with Crippen molar-refractivity contribution in [3.8, 4) is 0 Å². The summed E-state index contributed by atoms with van der Waals surface area (Å²) in [5.41, 5.74) is 1.09. The summed E-state index contributed by atoms with van der Waals surface area (Å²) in [5.74, 6) is 0.249. The number of aliphatic hydroxyl groups is 1. The van der Waals surface area contributed by atoms with E-state index in [4.69, 9.17) is 5.11 Å². The zero-order valence-electron chi connectivity index (χ0n) is 9.03. The van der Waals surface area contributed by atoms with Gasteiger partial charge in [0.25, 0.3) is 5.91 Å². The molecule has 1 aromatic rings. The molecule has 0 aliphatic carbocycles. The van der Waals surface area contributed by atoms with Gasteiger partial charge in [0.05, 0.1) is 6.61 Å². The zero-order valence-corrected chi connectivity index (χ0v) is 9.03. The predicted molar refractivity (Wildman–Crippen MR) is 57.3 cm³/mol. The summed E-state index contributed by atoms with van der Waals surface area (Å²) in [6.45, 7) is 4.65. The Morgan fingerprint density at radius 2 is 2.27 bits per heavy atom. The Labute approximate surface area is 89.3 Å². The van der Waals surface area contributed by atoms with Crippen LogP contribution in [0.2, 0.25) is 0 Å². The van der Waals surface area contributed by atoms with Gasteiger partial charge in [-0.05, 0) is 17.5 Å². The molecule has 1 rings (SSSR count). The lowest BCUT2D eigenvalue weighted by molar-refractivity contribution is 0.0944. The van der Waals surface area contributed by atoms with Crippen LogP contribution in [0.3, 0.4) is 0 Å². The second-order valence-electron chi connectivity index (χ2n) is 3.81. The number of rotatable bonds is 4. The van der Waals surface area contributed by atoms with Crippen LogP contribution in [0.5, 0.6) is 0 Å². The van der Waals surface area contributed by atoms with E-state index in [1.54, 1.807) is 12.1 Å². The number of pyridine rings is 1. The van der Waals surface area contributed by atoms with Gasteiger partial charge in [-0.15, -0.1) is 0 Å². The highest BCUT2D eigenvalue weighted by Crippen LogP contribution is 2.00. The van der Waals surface area contributed by atoms with Crippen LogP contribution in [-0.2, 0) is 6.61 Å². The molecule has 0 saturated carbocycles. The Balaban J connectivity index is 2.58. The summed E-state index contributed by atoms with van der Waals surface area (Å²) in [4.78, 5) is 15.5. The fraction of sp³-hybridized carbons (Fsp3) is 0.455. The van der Waals surface area contributed by atoms with Crippen molar-refractivity contribution in [2.24, 2.45) is 5.92 Å². The maximum Gasteiger partial charge on any atom is 0.269 e. The third-order valence-corrected chi connectivity index (χ3v) is 1.91. The van der Waals surface area contributed by atoms with Crippen molar-refractivity contribution in [3.05, 3.63) is 29.6 Å². The van der Waals surface area contributed by atoms with Gasteiger partial charge in [0, 0.05) is 12.7 Å². The minimum atomic E-state index is -0.173. The number of amides is 1. The molecule has 0 spiro atoms. The highest BCUT2D eigenvalue weighted by molar-refractivity contribution is 5.92. The largest absolute Gasteiger partial charge is 0.392 e. The fourth-order valence-corrected chi connectivity index (χ4v) is 1.04. The van der Waals surface area contributed by atoms with E-state index < -0.39 is 0 Å². The molecular formula is C11H16N2O2. The summed E-state index contributed by atoms with van der Waals surface area (Å²) < 4.78 is 0. The van der Waals surface area contributed by atoms with Crippen molar-refractivity contribution in [1.82, 2.24) is 10.3 Å². The van der Waals surface area contributed by atoms with Gasteiger partial charge in [-0.25, -0.2) is 0 Å². The zero-order chi connectivity index (χ0) is 11.3. The van der Waals surface area contributed by atoms with Gasteiger partial charge in [0.15, 0.2) is 0 Å². The summed E-state index contributed by atoms with van der Waals surface area (Å²) in [7, 11) is 0. The quantitative estimate of drug-likeness (QED) is 0.774. The number of nitrogens with one attached hydrogen (secondary N) is 1. The second kappa shape index (κ2) is 5.46. The number of carbonyl (C=O) groups is 1. The number of nitrogens with zero attached hydrogens (tertiary/aromatic N) is 1. The first-order chi connectivity index (χ1) is 7.13.